The molecule has 0 saturated carbocycles. The van der Waals surface area contributed by atoms with Crippen LogP contribution in [0.2, 0.25) is 0 Å². The highest BCUT2D eigenvalue weighted by Gasteiger charge is 2.26. The minimum atomic E-state index is -0.552. The average Bonchev–Trinajstić information content (AvgIpc) is 2.37. The molecule has 0 radical (unpaired) electrons. The molecule has 0 amide bonds. The summed E-state index contributed by atoms with van der Waals surface area (Å²) in [6.07, 6.45) is 1.88. The molecule has 0 spiro atoms. The van der Waals surface area contributed by atoms with Crippen LogP contribution in [0.5, 0.6) is 0 Å². The summed E-state index contributed by atoms with van der Waals surface area (Å²) in [6.45, 7) is 8.91. The lowest BCUT2D eigenvalue weighted by Crippen LogP contribution is -2.30. The van der Waals surface area contributed by atoms with E-state index in [4.69, 9.17) is 4.74 Å². The van der Waals surface area contributed by atoms with E-state index in [0.717, 1.165) is 5.56 Å². The highest BCUT2D eigenvalue weighted by molar-refractivity contribution is 5.92. The Morgan fingerprint density at radius 1 is 1.25 bits per heavy atom. The van der Waals surface area contributed by atoms with Crippen molar-refractivity contribution in [2.45, 2.75) is 39.2 Å². The number of ketones is 1. The van der Waals surface area contributed by atoms with E-state index in [-0.39, 0.29) is 18.2 Å². The average molecular weight is 274 g/mol. The number of carbonyl (C=O) groups excluding carboxylic acids is 2. The Morgan fingerprint density at radius 3 is 2.35 bits per heavy atom. The van der Waals surface area contributed by atoms with Crippen molar-refractivity contribution in [3.05, 3.63) is 48.6 Å². The smallest absolute Gasteiger partial charge is 0.310 e. The van der Waals surface area contributed by atoms with E-state index >= 15 is 0 Å². The Balaban J connectivity index is 2.82. The quantitative estimate of drug-likeness (QED) is 0.590. The van der Waals surface area contributed by atoms with Crippen molar-refractivity contribution in [1.82, 2.24) is 0 Å². The highest BCUT2D eigenvalue weighted by atomic mass is 16.6. The summed E-state index contributed by atoms with van der Waals surface area (Å²) in [4.78, 5) is 23.8. The van der Waals surface area contributed by atoms with Gasteiger partial charge in [-0.15, -0.1) is 0 Å². The van der Waals surface area contributed by atoms with Gasteiger partial charge in [-0.2, -0.15) is 0 Å². The van der Waals surface area contributed by atoms with Gasteiger partial charge >= 0.3 is 5.97 Å². The van der Waals surface area contributed by atoms with Gasteiger partial charge in [-0.1, -0.05) is 36.9 Å². The minimum Gasteiger partial charge on any atom is -0.460 e. The van der Waals surface area contributed by atoms with Gasteiger partial charge in [-0.25, -0.2) is 0 Å². The van der Waals surface area contributed by atoms with E-state index in [0.29, 0.717) is 6.42 Å². The summed E-state index contributed by atoms with van der Waals surface area (Å²) in [5.74, 6) is -0.949. The van der Waals surface area contributed by atoms with E-state index in [1.807, 2.05) is 51.1 Å². The van der Waals surface area contributed by atoms with Crippen LogP contribution in [0.15, 0.2) is 43.0 Å². The lowest BCUT2D eigenvalue weighted by Gasteiger charge is -2.23. The van der Waals surface area contributed by atoms with Gasteiger partial charge in [0.1, 0.15) is 5.60 Å². The minimum absolute atomic E-state index is 0.132. The number of allylic oxidation sites excluding steroid dienone is 1. The van der Waals surface area contributed by atoms with Crippen LogP contribution in [0.1, 0.15) is 32.8 Å². The third-order valence-electron chi connectivity index (χ3n) is 2.74. The first kappa shape index (κ1) is 16.2. The summed E-state index contributed by atoms with van der Waals surface area (Å²) >= 11 is 0. The monoisotopic (exact) mass is 274 g/mol. The maximum absolute atomic E-state index is 12.2. The SMILES string of the molecule is C=CC(=O)CC(Cc1ccccc1)C(=O)OC(C)(C)C. The third kappa shape index (κ3) is 5.83. The summed E-state index contributed by atoms with van der Waals surface area (Å²) < 4.78 is 5.39. The fourth-order valence-corrected chi connectivity index (χ4v) is 1.85. The number of esters is 1. The van der Waals surface area contributed by atoms with Gasteiger partial charge in [-0.05, 0) is 38.8 Å². The molecule has 1 rings (SSSR count). The van der Waals surface area contributed by atoms with Gasteiger partial charge in [-0.3, -0.25) is 9.59 Å². The molecule has 0 heterocycles. The Labute approximate surface area is 120 Å². The van der Waals surface area contributed by atoms with E-state index in [2.05, 4.69) is 6.58 Å². The van der Waals surface area contributed by atoms with Crippen molar-refractivity contribution in [2.24, 2.45) is 5.92 Å². The molecular formula is C17H22O3. The predicted octanol–water partition coefficient (Wildman–Crippen LogP) is 3.33. The van der Waals surface area contributed by atoms with Gasteiger partial charge in [0.15, 0.2) is 5.78 Å². The molecule has 3 heteroatoms. The fraction of sp³-hybridized carbons (Fsp3) is 0.412. The molecule has 108 valence electrons. The topological polar surface area (TPSA) is 43.4 Å². The Hall–Kier alpha value is -1.90. The zero-order chi connectivity index (χ0) is 15.2. The molecule has 0 aliphatic heterocycles. The van der Waals surface area contributed by atoms with Crippen LogP contribution < -0.4 is 0 Å². The van der Waals surface area contributed by atoms with Crippen molar-refractivity contribution >= 4 is 11.8 Å². The maximum atomic E-state index is 12.2. The Kier molecular flexibility index (Phi) is 5.68. The van der Waals surface area contributed by atoms with E-state index in [1.54, 1.807) is 0 Å². The highest BCUT2D eigenvalue weighted by Crippen LogP contribution is 2.18. The predicted molar refractivity (Wildman–Crippen MR) is 79.3 cm³/mol. The fourth-order valence-electron chi connectivity index (χ4n) is 1.85. The van der Waals surface area contributed by atoms with Crippen LogP contribution in [0, 0.1) is 5.92 Å². The van der Waals surface area contributed by atoms with Crippen LogP contribution in [0.25, 0.3) is 0 Å². The molecule has 0 saturated heterocycles. The molecular weight excluding hydrogens is 252 g/mol. The number of hydrogen-bond donors (Lipinski definition) is 0. The standard InChI is InChI=1S/C17H22O3/c1-5-15(18)12-14(16(19)20-17(2,3)4)11-13-9-7-6-8-10-13/h5-10,14H,1,11-12H2,2-4H3. The van der Waals surface area contributed by atoms with Gasteiger partial charge in [0.25, 0.3) is 0 Å². The molecule has 1 unspecified atom stereocenters. The first-order chi connectivity index (χ1) is 9.31. The summed E-state index contributed by atoms with van der Waals surface area (Å²) in [5, 5.41) is 0. The number of carbonyl (C=O) groups is 2. The Bertz CT molecular complexity index is 469. The molecule has 0 aromatic heterocycles. The number of benzene rings is 1. The molecule has 1 atom stereocenters. The zero-order valence-corrected chi connectivity index (χ0v) is 12.4. The van der Waals surface area contributed by atoms with E-state index < -0.39 is 11.5 Å². The van der Waals surface area contributed by atoms with Crippen LogP contribution in [-0.2, 0) is 20.7 Å². The molecule has 1 aromatic rings. The van der Waals surface area contributed by atoms with Gasteiger partial charge in [0, 0.05) is 6.42 Å². The second kappa shape index (κ2) is 7.04. The summed E-state index contributed by atoms with van der Waals surface area (Å²) in [7, 11) is 0. The van der Waals surface area contributed by atoms with Gasteiger partial charge in [0.2, 0.25) is 0 Å². The number of ether oxygens (including phenoxy) is 1. The summed E-state index contributed by atoms with van der Waals surface area (Å²) in [5.41, 5.74) is 0.462. The lowest BCUT2D eigenvalue weighted by atomic mass is 9.94. The van der Waals surface area contributed by atoms with E-state index in [1.165, 1.54) is 6.08 Å². The number of hydrogen-bond acceptors (Lipinski definition) is 3. The molecule has 0 N–H and O–H groups in total. The lowest BCUT2D eigenvalue weighted by molar-refractivity contribution is -0.160. The molecule has 0 aliphatic rings. The molecule has 1 aromatic carbocycles. The first-order valence-corrected chi connectivity index (χ1v) is 6.74. The van der Waals surface area contributed by atoms with Gasteiger partial charge in [0.05, 0.1) is 5.92 Å². The Morgan fingerprint density at radius 2 is 1.85 bits per heavy atom. The van der Waals surface area contributed by atoms with Crippen LogP contribution in [-0.4, -0.2) is 17.4 Å². The van der Waals surface area contributed by atoms with Crippen molar-refractivity contribution in [1.29, 1.82) is 0 Å². The second-order valence-corrected chi connectivity index (χ2v) is 5.79. The molecule has 0 fully saturated rings. The largest absolute Gasteiger partial charge is 0.460 e. The zero-order valence-electron chi connectivity index (χ0n) is 12.4. The van der Waals surface area contributed by atoms with Crippen molar-refractivity contribution in [3.8, 4) is 0 Å². The molecule has 0 aliphatic carbocycles. The molecule has 20 heavy (non-hydrogen) atoms. The van der Waals surface area contributed by atoms with Crippen LogP contribution in [0.3, 0.4) is 0 Å². The van der Waals surface area contributed by atoms with Crippen LogP contribution >= 0.6 is 0 Å². The van der Waals surface area contributed by atoms with Crippen molar-refractivity contribution in [2.75, 3.05) is 0 Å². The first-order valence-electron chi connectivity index (χ1n) is 6.74. The van der Waals surface area contributed by atoms with Crippen molar-refractivity contribution < 1.29 is 14.3 Å². The molecule has 0 bridgehead atoms. The van der Waals surface area contributed by atoms with Crippen molar-refractivity contribution in [3.63, 3.8) is 0 Å². The summed E-state index contributed by atoms with van der Waals surface area (Å²) in [6, 6.07) is 9.63. The second-order valence-electron chi connectivity index (χ2n) is 5.79. The normalized spacial score (nSPS) is 12.6. The van der Waals surface area contributed by atoms with Gasteiger partial charge < -0.3 is 4.74 Å². The number of rotatable bonds is 6. The maximum Gasteiger partial charge on any atom is 0.310 e. The molecule has 3 nitrogen and oxygen atoms in total. The van der Waals surface area contributed by atoms with E-state index in [9.17, 15) is 9.59 Å². The van der Waals surface area contributed by atoms with Crippen LogP contribution in [0.4, 0.5) is 0 Å². The third-order valence-corrected chi connectivity index (χ3v) is 2.74.